The summed E-state index contributed by atoms with van der Waals surface area (Å²) in [5, 5.41) is 24.2. The first-order valence-electron chi connectivity index (χ1n) is 11.9. The van der Waals surface area contributed by atoms with Crippen molar-refractivity contribution in [2.45, 2.75) is 0 Å². The normalized spacial score (nSPS) is 10.6. The van der Waals surface area contributed by atoms with Crippen molar-refractivity contribution < 1.29 is 49.5 Å². The molecule has 6 N–H and O–H groups in total. The molecule has 0 unspecified atom stereocenters. The van der Waals surface area contributed by atoms with Crippen LogP contribution in [0.1, 0.15) is 31.1 Å². The van der Waals surface area contributed by atoms with Crippen LogP contribution in [0.25, 0.3) is 0 Å². The van der Waals surface area contributed by atoms with Gasteiger partial charge >= 0.3 is 0 Å². The van der Waals surface area contributed by atoms with Gasteiger partial charge in [-0.2, -0.15) is 0 Å². The summed E-state index contributed by atoms with van der Waals surface area (Å²) in [6.45, 7) is 0. The second-order valence-corrected chi connectivity index (χ2v) is 14.2. The summed E-state index contributed by atoms with van der Waals surface area (Å²) in [6, 6.07) is 15.7. The van der Waals surface area contributed by atoms with Gasteiger partial charge in [0.2, 0.25) is 30.1 Å². The minimum atomic E-state index is -3.63. The van der Waals surface area contributed by atoms with Crippen molar-refractivity contribution >= 4 is 75.8 Å². The standard InChI is InChI=1S/C8H8N2O5S.C8H10N2O3S.C7H4ClNO3.CH5NO2S/c1-16(14,15)9-8(11)6-2-4-7(5-3-6)10(12)13;1-14(12,13)10-8(11)6-2-4-7(9)5-3-6;8-7(10)5-1-3-6(4-2-5)9(11)12;1-5(2,3)4/h2-5H,1H3,(H,9,11);2-5H,9H2,1H3,(H,10,11);1-4H;1H3,(H2,2,3,4). The number of anilines is 1. The number of nitro groups is 2. The van der Waals surface area contributed by atoms with Gasteiger partial charge in [-0.1, -0.05) is 0 Å². The van der Waals surface area contributed by atoms with Crippen LogP contribution in [0.5, 0.6) is 0 Å². The molecule has 0 bridgehead atoms. The van der Waals surface area contributed by atoms with Crippen molar-refractivity contribution in [3.63, 3.8) is 0 Å². The first-order valence-corrected chi connectivity index (χ1v) is 18.0. The Morgan fingerprint density at radius 1 is 0.617 bits per heavy atom. The molecule has 23 heteroatoms. The highest BCUT2D eigenvalue weighted by Gasteiger charge is 2.13. The lowest BCUT2D eigenvalue weighted by Gasteiger charge is -2.02. The number of sulfonamides is 3. The van der Waals surface area contributed by atoms with Gasteiger partial charge in [0.1, 0.15) is 0 Å². The third-order valence-electron chi connectivity index (χ3n) is 4.37. The van der Waals surface area contributed by atoms with E-state index in [-0.39, 0.29) is 28.1 Å². The maximum absolute atomic E-state index is 11.3. The Labute approximate surface area is 273 Å². The molecular formula is C24H27ClN6O13S3. The molecule has 0 heterocycles. The topological polar surface area (TPSA) is 316 Å². The van der Waals surface area contributed by atoms with E-state index in [2.05, 4.69) is 5.14 Å². The molecular weight excluding hydrogens is 712 g/mol. The van der Waals surface area contributed by atoms with Crippen LogP contribution in [-0.2, 0) is 30.1 Å². The lowest BCUT2D eigenvalue weighted by molar-refractivity contribution is -0.385. The van der Waals surface area contributed by atoms with E-state index >= 15 is 0 Å². The number of halogens is 1. The van der Waals surface area contributed by atoms with Gasteiger partial charge in [0, 0.05) is 46.6 Å². The number of nitro benzene ring substituents is 2. The van der Waals surface area contributed by atoms with Gasteiger partial charge in [0.05, 0.1) is 28.6 Å². The zero-order valence-corrected chi connectivity index (χ0v) is 27.6. The molecule has 0 radical (unpaired) electrons. The van der Waals surface area contributed by atoms with E-state index in [1.54, 1.807) is 4.72 Å². The second-order valence-electron chi connectivity index (χ2n) is 8.74. The Morgan fingerprint density at radius 2 is 0.872 bits per heavy atom. The number of non-ortho nitro benzene ring substituents is 2. The van der Waals surface area contributed by atoms with Crippen molar-refractivity contribution in [2.75, 3.05) is 24.5 Å². The number of nitrogens with zero attached hydrogens (tertiary/aromatic N) is 2. The smallest absolute Gasteiger partial charge is 0.269 e. The molecule has 0 spiro atoms. The Bertz CT molecular complexity index is 1880. The number of hydrogen-bond donors (Lipinski definition) is 4. The molecule has 3 aromatic rings. The lowest BCUT2D eigenvalue weighted by Crippen LogP contribution is -2.29. The predicted octanol–water partition coefficient (Wildman–Crippen LogP) is 1.12. The number of benzene rings is 3. The van der Waals surface area contributed by atoms with Crippen molar-refractivity contribution in [3.05, 3.63) is 110 Å². The molecule has 0 aromatic heterocycles. The van der Waals surface area contributed by atoms with E-state index < -0.39 is 57.0 Å². The van der Waals surface area contributed by atoms with E-state index in [1.165, 1.54) is 60.7 Å². The van der Waals surface area contributed by atoms with Gasteiger partial charge in [-0.25, -0.2) is 39.8 Å². The van der Waals surface area contributed by atoms with Gasteiger partial charge in [0.15, 0.2) is 0 Å². The van der Waals surface area contributed by atoms with Crippen LogP contribution in [0.15, 0.2) is 72.8 Å². The zero-order valence-electron chi connectivity index (χ0n) is 24.4. The number of primary sulfonamides is 1. The number of amides is 2. The highest BCUT2D eigenvalue weighted by Crippen LogP contribution is 2.13. The molecule has 3 rings (SSSR count). The summed E-state index contributed by atoms with van der Waals surface area (Å²) in [4.78, 5) is 52.4. The summed E-state index contributed by atoms with van der Waals surface area (Å²) >= 11 is 5.13. The highest BCUT2D eigenvalue weighted by atomic mass is 35.5. The van der Waals surface area contributed by atoms with Crippen LogP contribution in [0, 0.1) is 20.2 Å². The van der Waals surface area contributed by atoms with E-state index in [0.29, 0.717) is 5.69 Å². The van der Waals surface area contributed by atoms with Crippen molar-refractivity contribution in [2.24, 2.45) is 5.14 Å². The van der Waals surface area contributed by atoms with E-state index in [9.17, 15) is 59.9 Å². The van der Waals surface area contributed by atoms with Crippen LogP contribution in [0.4, 0.5) is 17.1 Å². The fourth-order valence-corrected chi connectivity index (χ4v) is 3.57. The second kappa shape index (κ2) is 18.2. The zero-order chi connectivity index (χ0) is 36.8. The molecule has 3 aromatic carbocycles. The minimum absolute atomic E-state index is 0.0380. The third kappa shape index (κ3) is 20.6. The quantitative estimate of drug-likeness (QED) is 0.114. The molecule has 256 valence electrons. The number of rotatable bonds is 7. The van der Waals surface area contributed by atoms with E-state index in [0.717, 1.165) is 30.9 Å². The molecule has 0 saturated carbocycles. The number of carbonyl (C=O) groups excluding carboxylic acids is 3. The Kier molecular flexibility index (Phi) is 16.3. The molecule has 0 aliphatic rings. The minimum Gasteiger partial charge on any atom is -0.399 e. The first-order chi connectivity index (χ1) is 21.3. The maximum atomic E-state index is 11.3. The van der Waals surface area contributed by atoms with Crippen LogP contribution in [-0.4, -0.2) is 70.9 Å². The largest absolute Gasteiger partial charge is 0.399 e. The fourth-order valence-electron chi connectivity index (χ4n) is 2.54. The summed E-state index contributed by atoms with van der Waals surface area (Å²) in [7, 11) is -10.3. The van der Waals surface area contributed by atoms with E-state index in [1.807, 2.05) is 4.72 Å². The van der Waals surface area contributed by atoms with Crippen LogP contribution in [0.3, 0.4) is 0 Å². The highest BCUT2D eigenvalue weighted by molar-refractivity contribution is 7.89. The molecule has 0 atom stereocenters. The number of nitrogen functional groups attached to an aromatic ring is 1. The van der Waals surface area contributed by atoms with Crippen LogP contribution >= 0.6 is 11.6 Å². The molecule has 47 heavy (non-hydrogen) atoms. The van der Waals surface area contributed by atoms with Gasteiger partial charge in [-0.3, -0.25) is 34.6 Å². The lowest BCUT2D eigenvalue weighted by atomic mass is 10.2. The Balaban J connectivity index is 0.000000634. The summed E-state index contributed by atoms with van der Waals surface area (Å²) < 4.78 is 65.4. The Morgan fingerprint density at radius 3 is 1.11 bits per heavy atom. The molecule has 0 aliphatic heterocycles. The Hall–Kier alpha value is -5.03. The van der Waals surface area contributed by atoms with Gasteiger partial charge in [-0.15, -0.1) is 0 Å². The summed E-state index contributed by atoms with van der Waals surface area (Å²) in [6.07, 6.45) is 2.70. The van der Waals surface area contributed by atoms with Gasteiger partial charge in [-0.05, 0) is 60.1 Å². The predicted molar refractivity (Wildman–Crippen MR) is 171 cm³/mol. The van der Waals surface area contributed by atoms with Crippen LogP contribution in [0.2, 0.25) is 0 Å². The molecule has 0 saturated heterocycles. The van der Waals surface area contributed by atoms with Crippen molar-refractivity contribution in [1.82, 2.24) is 9.44 Å². The fraction of sp³-hybridized carbons (Fsp3) is 0.125. The van der Waals surface area contributed by atoms with Crippen LogP contribution < -0.4 is 20.3 Å². The monoisotopic (exact) mass is 738 g/mol. The van der Waals surface area contributed by atoms with Crippen molar-refractivity contribution in [3.8, 4) is 0 Å². The average molecular weight is 739 g/mol. The third-order valence-corrected chi connectivity index (χ3v) is 5.71. The number of hydrogen-bond acceptors (Lipinski definition) is 14. The average Bonchev–Trinajstić information content (AvgIpc) is 2.91. The maximum Gasteiger partial charge on any atom is 0.269 e. The number of nitrogens with two attached hydrogens (primary N) is 2. The van der Waals surface area contributed by atoms with E-state index in [4.69, 9.17) is 17.3 Å². The summed E-state index contributed by atoms with van der Waals surface area (Å²) in [5.41, 5.74) is 6.23. The molecule has 2 amide bonds. The molecule has 0 aliphatic carbocycles. The van der Waals surface area contributed by atoms with Crippen molar-refractivity contribution in [1.29, 1.82) is 0 Å². The molecule has 19 nitrogen and oxygen atoms in total. The van der Waals surface area contributed by atoms with Gasteiger partial charge in [0.25, 0.3) is 28.4 Å². The first kappa shape index (κ1) is 42.0. The van der Waals surface area contributed by atoms with Gasteiger partial charge < -0.3 is 5.73 Å². The number of carbonyl (C=O) groups is 3. The molecule has 0 fully saturated rings. The summed E-state index contributed by atoms with van der Waals surface area (Å²) in [5.74, 6) is -1.48. The number of nitrogens with one attached hydrogen (secondary N) is 2. The SMILES string of the molecule is CS(=O)(=O)NC(=O)c1ccc(N)cc1.CS(=O)(=O)NC(=O)c1ccc([N+](=O)[O-])cc1.CS(N)(=O)=O.O=C(Cl)c1ccc([N+](=O)[O-])cc1.